The number of nitrogens with zero attached hydrogens (tertiary/aromatic N) is 2. The molecule has 0 spiro atoms. The predicted molar refractivity (Wildman–Crippen MR) is 107 cm³/mol. The summed E-state index contributed by atoms with van der Waals surface area (Å²) >= 11 is 1.24. The number of thiazole rings is 1. The first-order chi connectivity index (χ1) is 14.3. The van der Waals surface area contributed by atoms with E-state index in [1.54, 1.807) is 30.3 Å². The molecule has 1 heterocycles. The van der Waals surface area contributed by atoms with Crippen LogP contribution in [0.4, 0.5) is 13.2 Å². The molecule has 2 aromatic carbocycles. The summed E-state index contributed by atoms with van der Waals surface area (Å²) in [6, 6.07) is 12.0. The van der Waals surface area contributed by atoms with E-state index in [1.807, 2.05) is 0 Å². The zero-order chi connectivity index (χ0) is 21.7. The van der Waals surface area contributed by atoms with E-state index >= 15 is 0 Å². The minimum absolute atomic E-state index is 0.0101. The highest BCUT2D eigenvalue weighted by molar-refractivity contribution is 7.18. The van der Waals surface area contributed by atoms with Gasteiger partial charge in [0.2, 0.25) is 5.91 Å². The zero-order valence-corrected chi connectivity index (χ0v) is 16.4. The number of hydrogen-bond donors (Lipinski definition) is 1. The molecule has 5 nitrogen and oxygen atoms in total. The van der Waals surface area contributed by atoms with E-state index in [0.717, 1.165) is 6.07 Å². The van der Waals surface area contributed by atoms with E-state index in [1.165, 1.54) is 23.5 Å². The van der Waals surface area contributed by atoms with Crippen LogP contribution < -0.4 is 5.32 Å². The number of nitriles is 1. The summed E-state index contributed by atoms with van der Waals surface area (Å²) < 4.78 is 40.6. The first-order valence-corrected chi connectivity index (χ1v) is 9.81. The van der Waals surface area contributed by atoms with E-state index in [4.69, 9.17) is 5.26 Å². The molecule has 0 aliphatic rings. The predicted octanol–water partition coefficient (Wildman–Crippen LogP) is 4.51. The molecule has 0 saturated heterocycles. The molecule has 0 aliphatic heterocycles. The minimum Gasteiger partial charge on any atom is -0.343 e. The Morgan fingerprint density at radius 1 is 1.13 bits per heavy atom. The monoisotopic (exact) mass is 431 g/mol. The minimum atomic E-state index is -4.46. The lowest BCUT2D eigenvalue weighted by molar-refractivity contribution is -0.137. The number of nitrogens with one attached hydrogen (secondary N) is 1. The normalized spacial score (nSPS) is 11.3. The van der Waals surface area contributed by atoms with Crippen molar-refractivity contribution in [2.24, 2.45) is 0 Å². The van der Waals surface area contributed by atoms with Crippen LogP contribution >= 0.6 is 11.3 Å². The zero-order valence-electron chi connectivity index (χ0n) is 15.6. The lowest BCUT2D eigenvalue weighted by atomic mass is 9.99. The number of hydrogen-bond acceptors (Lipinski definition) is 5. The number of carbonyl (C=O) groups excluding carboxylic acids is 2. The fraction of sp³-hybridized carbons (Fsp3) is 0.238. The molecule has 0 radical (unpaired) electrons. The number of carbonyl (C=O) groups is 2. The summed E-state index contributed by atoms with van der Waals surface area (Å²) in [4.78, 5) is 27.9. The molecule has 30 heavy (non-hydrogen) atoms. The number of rotatable bonds is 7. The van der Waals surface area contributed by atoms with Crippen molar-refractivity contribution < 1.29 is 22.8 Å². The number of benzene rings is 2. The van der Waals surface area contributed by atoms with Crippen molar-refractivity contribution in [3.8, 4) is 17.2 Å². The van der Waals surface area contributed by atoms with Crippen LogP contribution in [0.15, 0.2) is 42.5 Å². The second-order valence-corrected chi connectivity index (χ2v) is 7.60. The SMILES string of the molecule is N#CCNC(=O)CCC(=O)Cc1nc2ccc(-c3ccccc3C(F)(F)F)cc2s1. The van der Waals surface area contributed by atoms with E-state index in [2.05, 4.69) is 10.3 Å². The molecule has 3 aromatic rings. The smallest absolute Gasteiger partial charge is 0.343 e. The van der Waals surface area contributed by atoms with Gasteiger partial charge in [-0.1, -0.05) is 24.3 Å². The Morgan fingerprint density at radius 2 is 1.90 bits per heavy atom. The molecule has 0 bridgehead atoms. The molecule has 154 valence electrons. The highest BCUT2D eigenvalue weighted by atomic mass is 32.1. The third kappa shape index (κ3) is 5.21. The summed E-state index contributed by atoms with van der Waals surface area (Å²) in [7, 11) is 0. The highest BCUT2D eigenvalue weighted by Crippen LogP contribution is 2.38. The molecule has 9 heteroatoms. The Balaban J connectivity index is 1.75. The van der Waals surface area contributed by atoms with Gasteiger partial charge in [0, 0.05) is 12.8 Å². The maximum atomic E-state index is 13.3. The number of halogens is 3. The van der Waals surface area contributed by atoms with E-state index < -0.39 is 11.7 Å². The van der Waals surface area contributed by atoms with Crippen molar-refractivity contribution in [3.05, 3.63) is 53.0 Å². The maximum Gasteiger partial charge on any atom is 0.417 e. The van der Waals surface area contributed by atoms with Crippen LogP contribution in [-0.2, 0) is 22.2 Å². The second kappa shape index (κ2) is 9.05. The van der Waals surface area contributed by atoms with Crippen LogP contribution in [0.3, 0.4) is 0 Å². The molecule has 1 aromatic heterocycles. The van der Waals surface area contributed by atoms with Gasteiger partial charge in [-0.2, -0.15) is 18.4 Å². The Hall–Kier alpha value is -3.25. The van der Waals surface area contributed by atoms with Gasteiger partial charge in [-0.3, -0.25) is 9.59 Å². The van der Waals surface area contributed by atoms with Crippen molar-refractivity contribution in [2.75, 3.05) is 6.54 Å². The van der Waals surface area contributed by atoms with Crippen molar-refractivity contribution in [1.29, 1.82) is 5.26 Å². The van der Waals surface area contributed by atoms with E-state index in [0.29, 0.717) is 20.8 Å². The van der Waals surface area contributed by atoms with Crippen molar-refractivity contribution in [2.45, 2.75) is 25.4 Å². The number of alkyl halides is 3. The first kappa shape index (κ1) is 21.5. The average molecular weight is 431 g/mol. The fourth-order valence-electron chi connectivity index (χ4n) is 2.93. The number of Topliss-reactive ketones (excluding diaryl/α,β-unsaturated/α-hetero) is 1. The van der Waals surface area contributed by atoms with Gasteiger partial charge in [0.25, 0.3) is 0 Å². The Morgan fingerprint density at radius 3 is 2.63 bits per heavy atom. The standard InChI is InChI=1S/C21H16F3N3O2S/c22-21(23,24)16-4-2-1-3-15(16)13-5-7-17-18(11-13)30-20(27-17)12-14(28)6-8-19(29)26-10-9-25/h1-5,7,11H,6,8,10,12H2,(H,26,29). The van der Waals surface area contributed by atoms with E-state index in [-0.39, 0.29) is 43.1 Å². The van der Waals surface area contributed by atoms with Gasteiger partial charge >= 0.3 is 6.18 Å². The molecule has 0 unspecified atom stereocenters. The highest BCUT2D eigenvalue weighted by Gasteiger charge is 2.33. The van der Waals surface area contributed by atoms with Crippen LogP contribution in [0.25, 0.3) is 21.3 Å². The summed E-state index contributed by atoms with van der Waals surface area (Å²) in [5.74, 6) is -0.550. The number of amides is 1. The Labute approximate surface area is 174 Å². The third-order valence-electron chi connectivity index (χ3n) is 4.32. The summed E-state index contributed by atoms with van der Waals surface area (Å²) in [5, 5.41) is 11.3. The van der Waals surface area contributed by atoms with Crippen LogP contribution in [0.5, 0.6) is 0 Å². The molecule has 0 aliphatic carbocycles. The summed E-state index contributed by atoms with van der Waals surface area (Å²) in [6.45, 7) is -0.106. The van der Waals surface area contributed by atoms with Gasteiger partial charge in [-0.25, -0.2) is 4.98 Å². The number of ketones is 1. The second-order valence-electron chi connectivity index (χ2n) is 6.48. The van der Waals surface area contributed by atoms with Crippen LogP contribution in [0.1, 0.15) is 23.4 Å². The Kier molecular flexibility index (Phi) is 6.47. The van der Waals surface area contributed by atoms with Crippen molar-refractivity contribution in [1.82, 2.24) is 10.3 Å². The molecule has 0 fully saturated rings. The van der Waals surface area contributed by atoms with Gasteiger partial charge in [-0.05, 0) is 29.3 Å². The van der Waals surface area contributed by atoms with Crippen LogP contribution in [-0.4, -0.2) is 23.2 Å². The van der Waals surface area contributed by atoms with Gasteiger partial charge in [0.15, 0.2) is 0 Å². The molecule has 0 atom stereocenters. The molecule has 0 saturated carbocycles. The molecular formula is C21H16F3N3O2S. The van der Waals surface area contributed by atoms with Crippen molar-refractivity contribution in [3.63, 3.8) is 0 Å². The van der Waals surface area contributed by atoms with Gasteiger partial charge in [0.05, 0.1) is 28.3 Å². The largest absolute Gasteiger partial charge is 0.417 e. The summed E-state index contributed by atoms with van der Waals surface area (Å²) in [5.41, 5.74) is 0.397. The average Bonchev–Trinajstić information content (AvgIpc) is 3.11. The van der Waals surface area contributed by atoms with Gasteiger partial charge < -0.3 is 5.32 Å². The lowest BCUT2D eigenvalue weighted by Crippen LogP contribution is -2.24. The van der Waals surface area contributed by atoms with Crippen LogP contribution in [0.2, 0.25) is 0 Å². The van der Waals surface area contributed by atoms with Gasteiger partial charge in [-0.15, -0.1) is 11.3 Å². The van der Waals surface area contributed by atoms with Crippen LogP contribution in [0, 0.1) is 11.3 Å². The molecular weight excluding hydrogens is 415 g/mol. The summed E-state index contributed by atoms with van der Waals surface area (Å²) in [6.07, 6.45) is -4.41. The molecule has 3 rings (SSSR count). The first-order valence-electron chi connectivity index (χ1n) is 8.99. The van der Waals surface area contributed by atoms with Gasteiger partial charge in [0.1, 0.15) is 17.3 Å². The molecule has 1 amide bonds. The topological polar surface area (TPSA) is 82.9 Å². The molecule has 1 N–H and O–H groups in total. The van der Waals surface area contributed by atoms with E-state index in [9.17, 15) is 22.8 Å². The quantitative estimate of drug-likeness (QED) is 0.558. The Bertz CT molecular complexity index is 1130. The van der Waals surface area contributed by atoms with Crippen molar-refractivity contribution >= 4 is 33.2 Å². The number of aromatic nitrogens is 1. The fourth-order valence-corrected chi connectivity index (χ4v) is 3.97. The lowest BCUT2D eigenvalue weighted by Gasteiger charge is -2.12. The maximum absolute atomic E-state index is 13.3. The third-order valence-corrected chi connectivity index (χ3v) is 5.34. The number of fused-ring (bicyclic) bond motifs is 1.